The monoisotopic (exact) mass is 451 g/mol. The van der Waals surface area contributed by atoms with Gasteiger partial charge in [0, 0.05) is 19.5 Å². The van der Waals surface area contributed by atoms with E-state index < -0.39 is 0 Å². The topological polar surface area (TPSA) is 35.9 Å². The number of thioether (sulfide) groups is 1. The molecule has 1 amide bonds. The normalized spacial score (nSPS) is 18.8. The van der Waals surface area contributed by atoms with E-state index in [2.05, 4.69) is 49.1 Å². The molecule has 6 heteroatoms. The smallest absolute Gasteiger partial charge is 0.253 e. The zero-order valence-electron chi connectivity index (χ0n) is 18.2. The third-order valence-electron chi connectivity index (χ3n) is 6.12. The maximum absolute atomic E-state index is 13.2. The molecule has 2 aromatic rings. The molecule has 4 nitrogen and oxygen atoms in total. The first-order chi connectivity index (χ1) is 15.0. The zero-order valence-corrected chi connectivity index (χ0v) is 19.8. The van der Waals surface area contributed by atoms with Gasteiger partial charge >= 0.3 is 0 Å². The number of hydrazone groups is 1. The van der Waals surface area contributed by atoms with E-state index in [1.54, 1.807) is 5.01 Å². The molecule has 2 aliphatic rings. The summed E-state index contributed by atoms with van der Waals surface area (Å²) in [6.07, 6.45) is 4.35. The Morgan fingerprint density at radius 3 is 2.52 bits per heavy atom. The van der Waals surface area contributed by atoms with Crippen LogP contribution in [0.15, 0.2) is 53.6 Å². The number of hydrogen-bond acceptors (Lipinski definition) is 4. The summed E-state index contributed by atoms with van der Waals surface area (Å²) in [5, 5.41) is 6.49. The first-order valence-electron chi connectivity index (χ1n) is 11.0. The third kappa shape index (κ3) is 5.18. The van der Waals surface area contributed by atoms with Crippen molar-refractivity contribution in [3.8, 4) is 0 Å². The van der Waals surface area contributed by atoms with Crippen LogP contribution in [-0.2, 0) is 4.79 Å². The molecule has 0 radical (unpaired) electrons. The van der Waals surface area contributed by atoms with Gasteiger partial charge in [-0.15, -0.1) is 0 Å². The molecule has 2 aliphatic heterocycles. The van der Waals surface area contributed by atoms with Crippen molar-refractivity contribution < 1.29 is 4.79 Å². The van der Waals surface area contributed by atoms with E-state index in [1.165, 1.54) is 42.2 Å². The Morgan fingerprint density at radius 2 is 1.81 bits per heavy atom. The first-order valence-corrected chi connectivity index (χ1v) is 12.4. The van der Waals surface area contributed by atoms with E-state index in [9.17, 15) is 4.79 Å². The number of benzene rings is 2. The average Bonchev–Trinajstić information content (AvgIpc) is 3.26. The first kappa shape index (κ1) is 22.0. The van der Waals surface area contributed by atoms with E-state index in [0.29, 0.717) is 5.75 Å². The molecule has 0 N–H and O–H groups in total. The molecule has 0 unspecified atom stereocenters. The van der Waals surface area contributed by atoms with Crippen molar-refractivity contribution in [1.82, 2.24) is 9.91 Å². The van der Waals surface area contributed by atoms with Crippen molar-refractivity contribution in [2.75, 3.05) is 18.8 Å². The fraction of sp³-hybridized carbons (Fsp3) is 0.400. The number of carbonyl (C=O) groups is 1. The van der Waals surface area contributed by atoms with E-state index in [1.807, 2.05) is 18.2 Å². The van der Waals surface area contributed by atoms with Gasteiger partial charge in [-0.1, -0.05) is 66.4 Å². The molecule has 1 atom stereocenters. The van der Waals surface area contributed by atoms with Crippen LogP contribution >= 0.6 is 24.0 Å². The Bertz CT molecular complexity index is 984. The molecular weight excluding hydrogens is 422 g/mol. The molecule has 0 saturated carbocycles. The van der Waals surface area contributed by atoms with Crippen LogP contribution < -0.4 is 0 Å². The van der Waals surface area contributed by atoms with Gasteiger partial charge in [0.05, 0.1) is 17.5 Å². The minimum atomic E-state index is -0.0746. The molecule has 0 aromatic heterocycles. The lowest BCUT2D eigenvalue weighted by Crippen LogP contribution is -2.34. The molecule has 1 fully saturated rings. The molecule has 0 bridgehead atoms. The molecule has 1 saturated heterocycles. The largest absolute Gasteiger partial charge is 0.358 e. The molecular formula is C25H29N3OS2. The zero-order chi connectivity index (χ0) is 21.8. The predicted octanol–water partition coefficient (Wildman–Crippen LogP) is 5.49. The van der Waals surface area contributed by atoms with Gasteiger partial charge in [-0.3, -0.25) is 4.79 Å². The summed E-state index contributed by atoms with van der Waals surface area (Å²) < 4.78 is 0.835. The van der Waals surface area contributed by atoms with Crippen LogP contribution in [0.4, 0.5) is 0 Å². The standard InChI is InChI=1S/C25H29N3OS2/c1-18-11-12-21(15-19(18)2)22-16-23(20-9-5-3-6-10-20)28(26-22)24(29)17-31-25(30)27-13-7-4-8-14-27/h3,5-6,9-12,15,23H,4,7-8,13-14,16-17H2,1-2H3/t23-/m0/s1. The average molecular weight is 452 g/mol. The lowest BCUT2D eigenvalue weighted by Gasteiger charge is -2.29. The van der Waals surface area contributed by atoms with Gasteiger partial charge in [-0.05, 0) is 61.4 Å². The van der Waals surface area contributed by atoms with Crippen molar-refractivity contribution in [3.05, 3.63) is 70.8 Å². The Labute approximate surface area is 194 Å². The Balaban J connectivity index is 1.52. The maximum atomic E-state index is 13.2. The number of aryl methyl sites for hydroxylation is 2. The Morgan fingerprint density at radius 1 is 1.06 bits per heavy atom. The summed E-state index contributed by atoms with van der Waals surface area (Å²) in [5.74, 6) is 0.333. The highest BCUT2D eigenvalue weighted by Crippen LogP contribution is 2.33. The summed E-state index contributed by atoms with van der Waals surface area (Å²) in [6.45, 7) is 6.24. The van der Waals surface area contributed by atoms with Crippen LogP contribution in [0.5, 0.6) is 0 Å². The molecule has 4 rings (SSSR count). The Kier molecular flexibility index (Phi) is 7.08. The quantitative estimate of drug-likeness (QED) is 0.576. The van der Waals surface area contributed by atoms with Gasteiger partial charge in [0.25, 0.3) is 5.91 Å². The van der Waals surface area contributed by atoms with Gasteiger partial charge in [-0.25, -0.2) is 5.01 Å². The van der Waals surface area contributed by atoms with E-state index in [-0.39, 0.29) is 11.9 Å². The fourth-order valence-corrected chi connectivity index (χ4v) is 5.23. The van der Waals surface area contributed by atoms with Crippen LogP contribution in [0.3, 0.4) is 0 Å². The van der Waals surface area contributed by atoms with E-state index in [0.717, 1.165) is 40.7 Å². The molecule has 2 aromatic carbocycles. The molecule has 0 spiro atoms. The number of rotatable bonds is 4. The number of piperidine rings is 1. The maximum Gasteiger partial charge on any atom is 0.253 e. The number of carbonyl (C=O) groups excluding carboxylic acids is 1. The van der Waals surface area contributed by atoms with Crippen molar-refractivity contribution >= 4 is 39.9 Å². The van der Waals surface area contributed by atoms with Crippen molar-refractivity contribution in [1.29, 1.82) is 0 Å². The van der Waals surface area contributed by atoms with E-state index >= 15 is 0 Å². The highest BCUT2D eigenvalue weighted by atomic mass is 32.2. The lowest BCUT2D eigenvalue weighted by atomic mass is 9.96. The molecule has 31 heavy (non-hydrogen) atoms. The third-order valence-corrected chi connectivity index (χ3v) is 7.63. The summed E-state index contributed by atoms with van der Waals surface area (Å²) in [6, 6.07) is 16.5. The molecule has 162 valence electrons. The second kappa shape index (κ2) is 9.96. The summed E-state index contributed by atoms with van der Waals surface area (Å²) in [4.78, 5) is 15.5. The minimum absolute atomic E-state index is 0.0112. The number of amides is 1. The van der Waals surface area contributed by atoms with Gasteiger partial charge < -0.3 is 4.90 Å². The minimum Gasteiger partial charge on any atom is -0.358 e. The fourth-order valence-electron chi connectivity index (χ4n) is 4.13. The highest BCUT2D eigenvalue weighted by molar-refractivity contribution is 8.23. The van der Waals surface area contributed by atoms with Crippen LogP contribution in [0.2, 0.25) is 0 Å². The molecule has 2 heterocycles. The second-order valence-corrected chi connectivity index (χ2v) is 9.93. The second-order valence-electron chi connectivity index (χ2n) is 8.32. The summed E-state index contributed by atoms with van der Waals surface area (Å²) in [5.41, 5.74) is 5.67. The van der Waals surface area contributed by atoms with Crippen molar-refractivity contribution in [3.63, 3.8) is 0 Å². The SMILES string of the molecule is Cc1ccc(C2=NN(C(=O)CSC(=S)N3CCCCC3)[C@H](c3ccccc3)C2)cc1C. The highest BCUT2D eigenvalue weighted by Gasteiger charge is 2.33. The van der Waals surface area contributed by atoms with E-state index in [4.69, 9.17) is 17.3 Å². The van der Waals surface area contributed by atoms with Gasteiger partial charge in [0.1, 0.15) is 4.32 Å². The van der Waals surface area contributed by atoms with Gasteiger partial charge in [-0.2, -0.15) is 5.10 Å². The van der Waals surface area contributed by atoms with Crippen molar-refractivity contribution in [2.45, 2.75) is 45.6 Å². The van der Waals surface area contributed by atoms with Crippen LogP contribution in [0, 0.1) is 13.8 Å². The number of hydrogen-bond donors (Lipinski definition) is 0. The summed E-state index contributed by atoms with van der Waals surface area (Å²) in [7, 11) is 0. The van der Waals surface area contributed by atoms with Crippen LogP contribution in [0.25, 0.3) is 0 Å². The predicted molar refractivity (Wildman–Crippen MR) is 134 cm³/mol. The Hall–Kier alpha value is -2.18. The van der Waals surface area contributed by atoms with Gasteiger partial charge in [0.2, 0.25) is 0 Å². The van der Waals surface area contributed by atoms with Gasteiger partial charge in [0.15, 0.2) is 0 Å². The number of likely N-dealkylation sites (tertiary alicyclic amines) is 1. The molecule has 0 aliphatic carbocycles. The van der Waals surface area contributed by atoms with Crippen molar-refractivity contribution in [2.24, 2.45) is 5.10 Å². The van der Waals surface area contributed by atoms with Crippen LogP contribution in [-0.4, -0.2) is 44.7 Å². The number of thiocarbonyl (C=S) groups is 1. The number of nitrogens with zero attached hydrogens (tertiary/aromatic N) is 3. The lowest BCUT2D eigenvalue weighted by molar-refractivity contribution is -0.130. The summed E-state index contributed by atoms with van der Waals surface area (Å²) >= 11 is 7.07. The van der Waals surface area contributed by atoms with Crippen LogP contribution in [0.1, 0.15) is 54.0 Å².